The van der Waals surface area contributed by atoms with Gasteiger partial charge in [-0.2, -0.15) is 0 Å². The quantitative estimate of drug-likeness (QED) is 0.688. The van der Waals surface area contributed by atoms with E-state index in [1.807, 2.05) is 19.1 Å². The average molecular weight is 409 g/mol. The Morgan fingerprint density at radius 2 is 1.87 bits per heavy atom. The molecular weight excluding hydrogens is 382 g/mol. The number of hydrogen-bond donors (Lipinski definition) is 2. The van der Waals surface area contributed by atoms with E-state index in [0.29, 0.717) is 42.9 Å². The van der Waals surface area contributed by atoms with Crippen LogP contribution in [0.4, 0.5) is 5.69 Å². The van der Waals surface area contributed by atoms with Crippen LogP contribution >= 0.6 is 0 Å². The molecule has 1 saturated heterocycles. The van der Waals surface area contributed by atoms with Gasteiger partial charge in [-0.1, -0.05) is 23.8 Å². The maximum atomic E-state index is 13.1. The number of nitrogens with one attached hydrogen (secondary N) is 2. The molecule has 0 saturated carbocycles. The summed E-state index contributed by atoms with van der Waals surface area (Å²) in [4.78, 5) is 39.6. The van der Waals surface area contributed by atoms with Crippen molar-refractivity contribution in [3.05, 3.63) is 65.2 Å². The van der Waals surface area contributed by atoms with E-state index in [-0.39, 0.29) is 17.7 Å². The number of methoxy groups -OCH3 is 1. The lowest BCUT2D eigenvalue weighted by Crippen LogP contribution is -2.46. The third-order valence-electron chi connectivity index (χ3n) is 5.07. The summed E-state index contributed by atoms with van der Waals surface area (Å²) in [5, 5.41) is 5.64. The van der Waals surface area contributed by atoms with Gasteiger partial charge < -0.3 is 20.3 Å². The second-order valence-electron chi connectivity index (χ2n) is 7.34. The number of ether oxygens (including phenoxy) is 1. The van der Waals surface area contributed by atoms with Gasteiger partial charge in [0.25, 0.3) is 11.8 Å². The molecule has 0 aliphatic carbocycles. The third kappa shape index (κ3) is 5.24. The van der Waals surface area contributed by atoms with Crippen molar-refractivity contribution in [1.29, 1.82) is 0 Å². The number of nitrogens with zero attached hydrogens (tertiary/aromatic N) is 1. The summed E-state index contributed by atoms with van der Waals surface area (Å²) < 4.78 is 4.95. The van der Waals surface area contributed by atoms with E-state index in [1.165, 1.54) is 0 Å². The van der Waals surface area contributed by atoms with Gasteiger partial charge in [0, 0.05) is 37.0 Å². The van der Waals surface area contributed by atoms with Crippen molar-refractivity contribution in [2.75, 3.05) is 32.1 Å². The van der Waals surface area contributed by atoms with E-state index in [0.717, 1.165) is 12.0 Å². The van der Waals surface area contributed by atoms with E-state index >= 15 is 0 Å². The van der Waals surface area contributed by atoms with Gasteiger partial charge in [-0.05, 0) is 50.1 Å². The predicted molar refractivity (Wildman–Crippen MR) is 115 cm³/mol. The van der Waals surface area contributed by atoms with Gasteiger partial charge in [0.1, 0.15) is 6.04 Å². The molecule has 1 aliphatic rings. The van der Waals surface area contributed by atoms with Crippen LogP contribution in [0.25, 0.3) is 0 Å². The number of rotatable bonds is 7. The van der Waals surface area contributed by atoms with Crippen molar-refractivity contribution in [3.63, 3.8) is 0 Å². The summed E-state index contributed by atoms with van der Waals surface area (Å²) >= 11 is 0. The van der Waals surface area contributed by atoms with E-state index in [9.17, 15) is 14.4 Å². The molecule has 158 valence electrons. The Morgan fingerprint density at radius 3 is 2.63 bits per heavy atom. The topological polar surface area (TPSA) is 87.7 Å². The molecule has 7 heteroatoms. The van der Waals surface area contributed by atoms with Gasteiger partial charge in [0.2, 0.25) is 5.91 Å². The van der Waals surface area contributed by atoms with E-state index in [4.69, 9.17) is 4.74 Å². The molecule has 2 N–H and O–H groups in total. The number of aryl methyl sites for hydroxylation is 1. The molecule has 7 nitrogen and oxygen atoms in total. The molecular formula is C23H27N3O4. The van der Waals surface area contributed by atoms with E-state index in [2.05, 4.69) is 10.6 Å². The fourth-order valence-electron chi connectivity index (χ4n) is 3.56. The van der Waals surface area contributed by atoms with Crippen LogP contribution in [0.1, 0.15) is 39.1 Å². The molecule has 1 fully saturated rings. The highest BCUT2D eigenvalue weighted by atomic mass is 16.5. The van der Waals surface area contributed by atoms with E-state index < -0.39 is 6.04 Å². The van der Waals surface area contributed by atoms with Gasteiger partial charge >= 0.3 is 0 Å². The molecule has 2 aromatic rings. The van der Waals surface area contributed by atoms with Crippen LogP contribution in [-0.4, -0.2) is 55.5 Å². The number of carbonyl (C=O) groups excluding carboxylic acids is 3. The van der Waals surface area contributed by atoms with Gasteiger partial charge in [0.15, 0.2) is 0 Å². The lowest BCUT2D eigenvalue weighted by atomic mass is 10.1. The summed E-state index contributed by atoms with van der Waals surface area (Å²) in [6.07, 6.45) is 1.41. The fourth-order valence-corrected chi connectivity index (χ4v) is 3.56. The second kappa shape index (κ2) is 10.0. The summed E-state index contributed by atoms with van der Waals surface area (Å²) in [7, 11) is 1.57. The van der Waals surface area contributed by atoms with Crippen LogP contribution in [0.5, 0.6) is 0 Å². The Bertz CT molecular complexity index is 928. The van der Waals surface area contributed by atoms with Crippen molar-refractivity contribution in [1.82, 2.24) is 10.2 Å². The maximum absolute atomic E-state index is 13.1. The highest BCUT2D eigenvalue weighted by Crippen LogP contribution is 2.22. The zero-order valence-corrected chi connectivity index (χ0v) is 17.3. The summed E-state index contributed by atoms with van der Waals surface area (Å²) in [5.74, 6) is -0.618. The molecule has 0 radical (unpaired) electrons. The summed E-state index contributed by atoms with van der Waals surface area (Å²) in [6.45, 7) is 3.29. The second-order valence-corrected chi connectivity index (χ2v) is 7.34. The first-order valence-corrected chi connectivity index (χ1v) is 10.1. The minimum Gasteiger partial charge on any atom is -0.383 e. The minimum absolute atomic E-state index is 0.165. The normalized spacial score (nSPS) is 15.7. The highest BCUT2D eigenvalue weighted by molar-refractivity contribution is 6.05. The summed E-state index contributed by atoms with van der Waals surface area (Å²) in [6, 6.07) is 13.6. The maximum Gasteiger partial charge on any atom is 0.255 e. The Balaban J connectivity index is 1.69. The van der Waals surface area contributed by atoms with Crippen molar-refractivity contribution in [3.8, 4) is 0 Å². The lowest BCUT2D eigenvalue weighted by molar-refractivity contribution is -0.125. The first-order chi connectivity index (χ1) is 14.5. The largest absolute Gasteiger partial charge is 0.383 e. The van der Waals surface area contributed by atoms with E-state index in [1.54, 1.807) is 48.4 Å². The molecule has 1 unspecified atom stereocenters. The Labute approximate surface area is 176 Å². The van der Waals surface area contributed by atoms with Crippen molar-refractivity contribution in [2.45, 2.75) is 25.8 Å². The molecule has 1 heterocycles. The molecule has 3 rings (SSSR count). The molecule has 0 spiro atoms. The average Bonchev–Trinajstić information content (AvgIpc) is 3.23. The van der Waals surface area contributed by atoms with Crippen molar-refractivity contribution >= 4 is 23.4 Å². The van der Waals surface area contributed by atoms with Crippen LogP contribution < -0.4 is 10.6 Å². The highest BCUT2D eigenvalue weighted by Gasteiger charge is 2.34. The zero-order valence-electron chi connectivity index (χ0n) is 17.3. The molecule has 0 bridgehead atoms. The zero-order chi connectivity index (χ0) is 21.5. The molecule has 1 aliphatic heterocycles. The molecule has 3 amide bonds. The lowest BCUT2D eigenvalue weighted by Gasteiger charge is -2.24. The SMILES string of the molecule is COCCNC(=O)C1CCCN1C(=O)c1cccc(NC(=O)c2cccc(C)c2)c1. The Kier molecular flexibility index (Phi) is 7.19. The minimum atomic E-state index is -0.486. The predicted octanol–water partition coefficient (Wildman–Crippen LogP) is 2.61. The smallest absolute Gasteiger partial charge is 0.255 e. The molecule has 0 aromatic heterocycles. The number of anilines is 1. The van der Waals surface area contributed by atoms with Crippen LogP contribution in [-0.2, 0) is 9.53 Å². The molecule has 30 heavy (non-hydrogen) atoms. The van der Waals surface area contributed by atoms with Crippen LogP contribution in [0.3, 0.4) is 0 Å². The number of amides is 3. The Morgan fingerprint density at radius 1 is 1.10 bits per heavy atom. The number of carbonyl (C=O) groups is 3. The summed E-state index contributed by atoms with van der Waals surface area (Å²) in [5.41, 5.74) is 2.52. The number of hydrogen-bond acceptors (Lipinski definition) is 4. The van der Waals surface area contributed by atoms with Gasteiger partial charge in [-0.3, -0.25) is 14.4 Å². The molecule has 1 atom stereocenters. The van der Waals surface area contributed by atoms with Gasteiger partial charge in [0.05, 0.1) is 6.61 Å². The fraction of sp³-hybridized carbons (Fsp3) is 0.348. The monoisotopic (exact) mass is 409 g/mol. The van der Waals surface area contributed by atoms with Crippen molar-refractivity contribution < 1.29 is 19.1 Å². The van der Waals surface area contributed by atoms with Crippen LogP contribution in [0.15, 0.2) is 48.5 Å². The Hall–Kier alpha value is -3.19. The van der Waals surface area contributed by atoms with Crippen molar-refractivity contribution in [2.24, 2.45) is 0 Å². The third-order valence-corrected chi connectivity index (χ3v) is 5.07. The van der Waals surface area contributed by atoms with Gasteiger partial charge in [-0.15, -0.1) is 0 Å². The first-order valence-electron chi connectivity index (χ1n) is 10.1. The first kappa shape index (κ1) is 21.5. The van der Waals surface area contributed by atoms with Crippen LogP contribution in [0, 0.1) is 6.92 Å². The van der Waals surface area contributed by atoms with Gasteiger partial charge in [-0.25, -0.2) is 0 Å². The number of benzene rings is 2. The standard InChI is InChI=1S/C23H27N3O4/c1-16-6-3-7-17(14-16)21(27)25-19-9-4-8-18(15-19)23(29)26-12-5-10-20(26)22(28)24-11-13-30-2/h3-4,6-9,14-15,20H,5,10-13H2,1-2H3,(H,24,28)(H,25,27). The van der Waals surface area contributed by atoms with Crippen LogP contribution in [0.2, 0.25) is 0 Å². The molecule has 2 aromatic carbocycles. The number of likely N-dealkylation sites (tertiary alicyclic amines) is 1.